The average Bonchev–Trinajstić information content (AvgIpc) is 3.18. The number of aryl methyl sites for hydroxylation is 2. The maximum atomic E-state index is 12.7. The van der Waals surface area contributed by atoms with Gasteiger partial charge in [0.05, 0.1) is 32.2 Å². The summed E-state index contributed by atoms with van der Waals surface area (Å²) in [5.74, 6) is 0.435. The van der Waals surface area contributed by atoms with Gasteiger partial charge in [-0.25, -0.2) is 8.42 Å². The number of rotatable bonds is 8. The predicted octanol–water partition coefficient (Wildman–Crippen LogP) is 2.84. The molecule has 1 atom stereocenters. The van der Waals surface area contributed by atoms with Crippen LogP contribution >= 0.6 is 0 Å². The summed E-state index contributed by atoms with van der Waals surface area (Å²) >= 11 is 0. The molecule has 0 saturated carbocycles. The van der Waals surface area contributed by atoms with Crippen molar-refractivity contribution in [2.45, 2.75) is 32.2 Å². The van der Waals surface area contributed by atoms with Gasteiger partial charge in [-0.1, -0.05) is 18.2 Å². The summed E-state index contributed by atoms with van der Waals surface area (Å²) in [6.45, 7) is 1.55. The molecular formula is C22H28N2O5S. The first-order valence-electron chi connectivity index (χ1n) is 9.83. The Hall–Kier alpha value is -2.74. The molecule has 162 valence electrons. The summed E-state index contributed by atoms with van der Waals surface area (Å²) in [7, 11) is -0.772. The second kappa shape index (κ2) is 8.95. The highest BCUT2D eigenvalue weighted by Gasteiger charge is 2.25. The first-order valence-corrected chi connectivity index (χ1v) is 11.7. The lowest BCUT2D eigenvalue weighted by Crippen LogP contribution is -2.41. The van der Waals surface area contributed by atoms with Crippen molar-refractivity contribution < 1.29 is 22.7 Å². The Morgan fingerprint density at radius 2 is 1.83 bits per heavy atom. The van der Waals surface area contributed by atoms with E-state index in [1.807, 2.05) is 13.0 Å². The molecule has 0 bridgehead atoms. The zero-order chi connectivity index (χ0) is 21.9. The van der Waals surface area contributed by atoms with Crippen molar-refractivity contribution in [3.8, 4) is 11.5 Å². The van der Waals surface area contributed by atoms with Crippen molar-refractivity contribution in [3.05, 3.63) is 53.1 Å². The van der Waals surface area contributed by atoms with Crippen LogP contribution in [0.3, 0.4) is 0 Å². The second-order valence-corrected chi connectivity index (χ2v) is 9.39. The maximum absolute atomic E-state index is 12.7. The summed E-state index contributed by atoms with van der Waals surface area (Å²) in [6.07, 6.45) is 4.38. The molecule has 0 unspecified atom stereocenters. The van der Waals surface area contributed by atoms with E-state index in [0.717, 1.165) is 35.4 Å². The van der Waals surface area contributed by atoms with E-state index in [-0.39, 0.29) is 18.3 Å². The number of nitrogens with zero attached hydrogens (tertiary/aromatic N) is 1. The molecule has 2 aromatic rings. The van der Waals surface area contributed by atoms with Crippen LogP contribution in [0.25, 0.3) is 0 Å². The van der Waals surface area contributed by atoms with E-state index in [1.165, 1.54) is 25.3 Å². The molecule has 3 rings (SSSR count). The van der Waals surface area contributed by atoms with Gasteiger partial charge in [-0.05, 0) is 55.0 Å². The Morgan fingerprint density at radius 1 is 1.10 bits per heavy atom. The molecule has 30 heavy (non-hydrogen) atoms. The van der Waals surface area contributed by atoms with Crippen LogP contribution in [0.1, 0.15) is 36.1 Å². The van der Waals surface area contributed by atoms with Crippen LogP contribution in [-0.2, 0) is 27.7 Å². The molecule has 8 heteroatoms. The minimum atomic E-state index is -3.72. The normalized spacial score (nSPS) is 14.0. The second-order valence-electron chi connectivity index (χ2n) is 7.48. The molecule has 0 saturated heterocycles. The lowest BCUT2D eigenvalue weighted by atomic mass is 10.0. The van der Waals surface area contributed by atoms with Crippen LogP contribution in [0.4, 0.5) is 5.69 Å². The van der Waals surface area contributed by atoms with E-state index in [2.05, 4.69) is 17.4 Å². The number of carbonyl (C=O) groups excluding carboxylic acids is 1. The van der Waals surface area contributed by atoms with Gasteiger partial charge in [-0.2, -0.15) is 0 Å². The molecule has 0 aromatic heterocycles. The van der Waals surface area contributed by atoms with E-state index in [1.54, 1.807) is 18.2 Å². The predicted molar refractivity (Wildman–Crippen MR) is 117 cm³/mol. The number of sulfonamides is 1. The van der Waals surface area contributed by atoms with Gasteiger partial charge in [-0.3, -0.25) is 9.10 Å². The molecule has 1 amide bonds. The van der Waals surface area contributed by atoms with E-state index >= 15 is 0 Å². The van der Waals surface area contributed by atoms with Crippen molar-refractivity contribution in [1.82, 2.24) is 5.32 Å². The standard InChI is InChI=1S/C22H28N2O5S/c1-15(17-9-8-16-6-5-7-18(16)12-17)23-22(25)14-24(30(4,26)27)20-11-10-19(28-2)13-21(20)29-3/h8-13,15H,5-7,14H2,1-4H3,(H,23,25)/t15-/m1/s1. The number of amides is 1. The maximum Gasteiger partial charge on any atom is 0.241 e. The van der Waals surface area contributed by atoms with E-state index < -0.39 is 15.9 Å². The molecule has 0 spiro atoms. The van der Waals surface area contributed by atoms with Gasteiger partial charge in [-0.15, -0.1) is 0 Å². The first-order chi connectivity index (χ1) is 14.2. The van der Waals surface area contributed by atoms with Gasteiger partial charge in [0, 0.05) is 6.07 Å². The van der Waals surface area contributed by atoms with Crippen LogP contribution in [0.5, 0.6) is 11.5 Å². The zero-order valence-electron chi connectivity index (χ0n) is 17.8. The smallest absolute Gasteiger partial charge is 0.241 e. The summed E-state index contributed by atoms with van der Waals surface area (Å²) in [4.78, 5) is 12.7. The van der Waals surface area contributed by atoms with Gasteiger partial charge in [0.25, 0.3) is 0 Å². The fourth-order valence-corrected chi connectivity index (χ4v) is 4.59. The minimum absolute atomic E-state index is 0.234. The van der Waals surface area contributed by atoms with Crippen molar-refractivity contribution in [2.75, 3.05) is 31.3 Å². The van der Waals surface area contributed by atoms with Crippen LogP contribution in [-0.4, -0.2) is 41.3 Å². The molecule has 7 nitrogen and oxygen atoms in total. The van der Waals surface area contributed by atoms with Gasteiger partial charge in [0.15, 0.2) is 0 Å². The third-order valence-electron chi connectivity index (χ3n) is 5.34. The Kier molecular flexibility index (Phi) is 6.55. The number of ether oxygens (including phenoxy) is 2. The topological polar surface area (TPSA) is 84.9 Å². The molecule has 0 radical (unpaired) electrons. The highest BCUT2D eigenvalue weighted by Crippen LogP contribution is 2.33. The van der Waals surface area contributed by atoms with Crippen LogP contribution < -0.4 is 19.1 Å². The van der Waals surface area contributed by atoms with Crippen LogP contribution in [0.15, 0.2) is 36.4 Å². The van der Waals surface area contributed by atoms with Crippen molar-refractivity contribution in [3.63, 3.8) is 0 Å². The van der Waals surface area contributed by atoms with Crippen LogP contribution in [0, 0.1) is 0 Å². The molecule has 1 N–H and O–H groups in total. The monoisotopic (exact) mass is 432 g/mol. The average molecular weight is 433 g/mol. The number of hydrogen-bond acceptors (Lipinski definition) is 5. The molecule has 1 aliphatic rings. The summed E-state index contributed by atoms with van der Waals surface area (Å²) < 4.78 is 36.4. The van der Waals surface area contributed by atoms with E-state index in [4.69, 9.17) is 9.47 Å². The van der Waals surface area contributed by atoms with Gasteiger partial charge >= 0.3 is 0 Å². The third-order valence-corrected chi connectivity index (χ3v) is 6.47. The Bertz CT molecular complexity index is 1040. The Labute approximate surface area is 178 Å². The third kappa shape index (κ3) is 4.87. The summed E-state index contributed by atoms with van der Waals surface area (Å²) in [5, 5.41) is 2.91. The number of methoxy groups -OCH3 is 2. The zero-order valence-corrected chi connectivity index (χ0v) is 18.6. The first kappa shape index (κ1) is 22.0. The number of nitrogens with one attached hydrogen (secondary N) is 1. The number of anilines is 1. The SMILES string of the molecule is COc1ccc(N(CC(=O)N[C@H](C)c2ccc3c(c2)CCC3)S(C)(=O)=O)c(OC)c1. The summed E-state index contributed by atoms with van der Waals surface area (Å²) in [5.41, 5.74) is 3.99. The Balaban J connectivity index is 1.78. The lowest BCUT2D eigenvalue weighted by Gasteiger charge is -2.25. The van der Waals surface area contributed by atoms with E-state index in [9.17, 15) is 13.2 Å². The van der Waals surface area contributed by atoms with E-state index in [0.29, 0.717) is 11.5 Å². The molecule has 0 fully saturated rings. The highest BCUT2D eigenvalue weighted by molar-refractivity contribution is 7.92. The van der Waals surface area contributed by atoms with Crippen molar-refractivity contribution in [2.24, 2.45) is 0 Å². The largest absolute Gasteiger partial charge is 0.497 e. The lowest BCUT2D eigenvalue weighted by molar-refractivity contribution is -0.120. The van der Waals surface area contributed by atoms with Gasteiger partial charge < -0.3 is 14.8 Å². The number of fused-ring (bicyclic) bond motifs is 1. The Morgan fingerprint density at radius 3 is 2.50 bits per heavy atom. The number of hydrogen-bond donors (Lipinski definition) is 1. The molecular weight excluding hydrogens is 404 g/mol. The quantitative estimate of drug-likeness (QED) is 0.693. The molecule has 2 aromatic carbocycles. The fraction of sp³-hybridized carbons (Fsp3) is 0.409. The molecule has 1 aliphatic carbocycles. The van der Waals surface area contributed by atoms with Crippen molar-refractivity contribution in [1.29, 1.82) is 0 Å². The summed E-state index contributed by atoms with van der Waals surface area (Å²) in [6, 6.07) is 10.8. The van der Waals surface area contributed by atoms with Crippen molar-refractivity contribution >= 4 is 21.6 Å². The number of benzene rings is 2. The number of carbonyl (C=O) groups is 1. The fourth-order valence-electron chi connectivity index (χ4n) is 3.73. The minimum Gasteiger partial charge on any atom is -0.497 e. The van der Waals surface area contributed by atoms with Crippen LogP contribution in [0.2, 0.25) is 0 Å². The van der Waals surface area contributed by atoms with Gasteiger partial charge in [0.1, 0.15) is 18.0 Å². The van der Waals surface area contributed by atoms with Gasteiger partial charge in [0.2, 0.25) is 15.9 Å². The highest BCUT2D eigenvalue weighted by atomic mass is 32.2. The molecule has 0 heterocycles. The molecule has 0 aliphatic heterocycles.